The van der Waals surface area contributed by atoms with Gasteiger partial charge in [0.15, 0.2) is 0 Å². The van der Waals surface area contributed by atoms with Crippen molar-refractivity contribution in [3.63, 3.8) is 0 Å². The van der Waals surface area contributed by atoms with E-state index in [0.29, 0.717) is 16.0 Å². The van der Waals surface area contributed by atoms with Crippen LogP contribution in [-0.4, -0.2) is 5.91 Å². The summed E-state index contributed by atoms with van der Waals surface area (Å²) in [5.74, 6) is -0.0228. The third-order valence-corrected chi connectivity index (χ3v) is 5.03. The number of nitrogens with one attached hydrogen (secondary N) is 1. The number of hydrogen-bond donors (Lipinski definition) is 2. The average Bonchev–Trinajstić information content (AvgIpc) is 2.62. The standard InChI is InChI=1S/C20H18ClN3OS/c1-12(2)13-5-9-16(10-6-13)24-18(14-3-7-15(21)8-4-14)23-19(25)17(11-22)20(24)26/h3-10,12,18,26H,1-2H3,(H,23,25). The summed E-state index contributed by atoms with van der Waals surface area (Å²) in [5.41, 5.74) is 2.89. The minimum atomic E-state index is -0.478. The smallest absolute Gasteiger partial charge is 0.266 e. The van der Waals surface area contributed by atoms with Crippen molar-refractivity contribution >= 4 is 35.8 Å². The van der Waals surface area contributed by atoms with Crippen LogP contribution >= 0.6 is 24.2 Å². The summed E-state index contributed by atoms with van der Waals surface area (Å²) in [6.07, 6.45) is -0.478. The average molecular weight is 384 g/mol. The van der Waals surface area contributed by atoms with Gasteiger partial charge in [-0.1, -0.05) is 49.7 Å². The van der Waals surface area contributed by atoms with E-state index >= 15 is 0 Å². The molecule has 1 amide bonds. The van der Waals surface area contributed by atoms with Crippen LogP contribution in [0.4, 0.5) is 5.69 Å². The highest BCUT2D eigenvalue weighted by Gasteiger charge is 2.33. The molecule has 0 fully saturated rings. The van der Waals surface area contributed by atoms with E-state index in [1.54, 1.807) is 12.1 Å². The third-order valence-electron chi connectivity index (χ3n) is 4.34. The van der Waals surface area contributed by atoms with Gasteiger partial charge in [-0.3, -0.25) is 4.79 Å². The summed E-state index contributed by atoms with van der Waals surface area (Å²) < 4.78 is 0. The largest absolute Gasteiger partial charge is 0.327 e. The van der Waals surface area contributed by atoms with E-state index in [2.05, 4.69) is 31.8 Å². The fraction of sp³-hybridized carbons (Fsp3) is 0.200. The third kappa shape index (κ3) is 3.44. The molecule has 4 nitrogen and oxygen atoms in total. The number of rotatable bonds is 3. The van der Waals surface area contributed by atoms with Crippen molar-refractivity contribution in [1.82, 2.24) is 5.32 Å². The molecule has 26 heavy (non-hydrogen) atoms. The fourth-order valence-electron chi connectivity index (χ4n) is 2.87. The van der Waals surface area contributed by atoms with Crippen LogP contribution in [0.25, 0.3) is 0 Å². The Morgan fingerprint density at radius 1 is 1.15 bits per heavy atom. The van der Waals surface area contributed by atoms with Gasteiger partial charge in [0.05, 0.1) is 5.03 Å². The van der Waals surface area contributed by atoms with Gasteiger partial charge >= 0.3 is 0 Å². The Balaban J connectivity index is 2.10. The molecular formula is C20H18ClN3OS. The molecule has 0 saturated heterocycles. The lowest BCUT2D eigenvalue weighted by molar-refractivity contribution is -0.118. The second-order valence-electron chi connectivity index (χ2n) is 6.35. The molecule has 3 rings (SSSR count). The van der Waals surface area contributed by atoms with Gasteiger partial charge in [-0.2, -0.15) is 5.26 Å². The maximum Gasteiger partial charge on any atom is 0.266 e. The monoisotopic (exact) mass is 383 g/mol. The van der Waals surface area contributed by atoms with Crippen LogP contribution in [0, 0.1) is 11.3 Å². The number of nitrogens with zero attached hydrogens (tertiary/aromatic N) is 2. The maximum absolute atomic E-state index is 12.3. The minimum absolute atomic E-state index is 0.00789. The highest BCUT2D eigenvalue weighted by atomic mass is 35.5. The van der Waals surface area contributed by atoms with Crippen molar-refractivity contribution in [1.29, 1.82) is 5.26 Å². The molecule has 6 heteroatoms. The second-order valence-corrected chi connectivity index (χ2v) is 7.21. The number of nitriles is 1. The molecule has 0 bridgehead atoms. The number of hydrogen-bond acceptors (Lipinski definition) is 4. The van der Waals surface area contributed by atoms with Crippen molar-refractivity contribution in [2.75, 3.05) is 4.90 Å². The first-order chi connectivity index (χ1) is 12.4. The number of amides is 1. The molecule has 1 N–H and O–H groups in total. The zero-order chi connectivity index (χ0) is 18.8. The summed E-state index contributed by atoms with van der Waals surface area (Å²) in [7, 11) is 0. The van der Waals surface area contributed by atoms with E-state index in [1.807, 2.05) is 47.4 Å². The van der Waals surface area contributed by atoms with Crippen molar-refractivity contribution in [3.8, 4) is 6.07 Å². The topological polar surface area (TPSA) is 56.1 Å². The first-order valence-electron chi connectivity index (χ1n) is 8.21. The van der Waals surface area contributed by atoms with Crippen LogP contribution in [0.15, 0.2) is 59.1 Å². The van der Waals surface area contributed by atoms with Crippen LogP contribution < -0.4 is 10.2 Å². The summed E-state index contributed by atoms with van der Waals surface area (Å²) in [4.78, 5) is 14.2. The number of benzene rings is 2. The van der Waals surface area contributed by atoms with Crippen molar-refractivity contribution in [2.24, 2.45) is 0 Å². The Kier molecular flexibility index (Phi) is 5.26. The predicted molar refractivity (Wildman–Crippen MR) is 107 cm³/mol. The minimum Gasteiger partial charge on any atom is -0.327 e. The molecule has 1 aliphatic heterocycles. The Hall–Kier alpha value is -2.42. The van der Waals surface area contributed by atoms with E-state index in [1.165, 1.54) is 5.56 Å². The molecule has 132 valence electrons. The Bertz CT molecular complexity index is 898. The summed E-state index contributed by atoms with van der Waals surface area (Å²) in [6, 6.07) is 17.2. The highest BCUT2D eigenvalue weighted by molar-refractivity contribution is 7.84. The molecule has 1 heterocycles. The maximum atomic E-state index is 12.3. The zero-order valence-electron chi connectivity index (χ0n) is 14.4. The number of carbonyl (C=O) groups is 1. The van der Waals surface area contributed by atoms with Gasteiger partial charge in [-0.25, -0.2) is 0 Å². The number of thiol groups is 1. The normalized spacial score (nSPS) is 17.3. The number of anilines is 1. The van der Waals surface area contributed by atoms with Crippen molar-refractivity contribution in [3.05, 3.63) is 75.3 Å². The Labute approximate surface area is 163 Å². The predicted octanol–water partition coefficient (Wildman–Crippen LogP) is 4.76. The van der Waals surface area contributed by atoms with Crippen LogP contribution in [-0.2, 0) is 4.79 Å². The Morgan fingerprint density at radius 3 is 2.31 bits per heavy atom. The SMILES string of the molecule is CC(C)c1ccc(N2C(S)=C(C#N)C(=O)NC2c2ccc(Cl)cc2)cc1. The van der Waals surface area contributed by atoms with Gasteiger partial charge in [0.2, 0.25) is 0 Å². The summed E-state index contributed by atoms with van der Waals surface area (Å²) in [6.45, 7) is 4.26. The van der Waals surface area contributed by atoms with Crippen LogP contribution in [0.2, 0.25) is 5.02 Å². The van der Waals surface area contributed by atoms with Gasteiger partial charge in [0.1, 0.15) is 17.8 Å². The van der Waals surface area contributed by atoms with E-state index < -0.39 is 12.1 Å². The van der Waals surface area contributed by atoms with E-state index in [-0.39, 0.29) is 5.57 Å². The van der Waals surface area contributed by atoms with Crippen molar-refractivity contribution in [2.45, 2.75) is 25.9 Å². The first-order valence-corrected chi connectivity index (χ1v) is 9.03. The lowest BCUT2D eigenvalue weighted by Crippen LogP contribution is -2.46. The second kappa shape index (κ2) is 7.45. The molecule has 0 spiro atoms. The van der Waals surface area contributed by atoms with Gasteiger partial charge < -0.3 is 10.2 Å². The fourth-order valence-corrected chi connectivity index (χ4v) is 3.38. The zero-order valence-corrected chi connectivity index (χ0v) is 16.1. The number of carbonyl (C=O) groups excluding carboxylic acids is 1. The van der Waals surface area contributed by atoms with E-state index in [9.17, 15) is 10.1 Å². The van der Waals surface area contributed by atoms with Gasteiger partial charge in [0, 0.05) is 10.7 Å². The van der Waals surface area contributed by atoms with Crippen LogP contribution in [0.5, 0.6) is 0 Å². The highest BCUT2D eigenvalue weighted by Crippen LogP contribution is 2.36. The molecule has 1 unspecified atom stereocenters. The lowest BCUT2D eigenvalue weighted by atomic mass is 10.0. The van der Waals surface area contributed by atoms with Gasteiger partial charge in [-0.15, -0.1) is 12.6 Å². The molecule has 0 aromatic heterocycles. The van der Waals surface area contributed by atoms with E-state index in [0.717, 1.165) is 11.3 Å². The molecule has 1 atom stereocenters. The van der Waals surface area contributed by atoms with Gasteiger partial charge in [0.25, 0.3) is 5.91 Å². The lowest BCUT2D eigenvalue weighted by Gasteiger charge is -2.38. The summed E-state index contributed by atoms with van der Waals surface area (Å²) >= 11 is 10.5. The van der Waals surface area contributed by atoms with Crippen LogP contribution in [0.3, 0.4) is 0 Å². The summed E-state index contributed by atoms with van der Waals surface area (Å²) in [5, 5.41) is 13.2. The molecule has 0 saturated carbocycles. The molecule has 2 aromatic rings. The quantitative estimate of drug-likeness (QED) is 0.751. The molecule has 0 aliphatic carbocycles. The van der Waals surface area contributed by atoms with Crippen LogP contribution in [0.1, 0.15) is 37.1 Å². The first kappa shape index (κ1) is 18.4. The van der Waals surface area contributed by atoms with Gasteiger partial charge in [-0.05, 0) is 41.3 Å². The number of halogens is 1. The van der Waals surface area contributed by atoms with Crippen molar-refractivity contribution < 1.29 is 4.79 Å². The van der Waals surface area contributed by atoms with E-state index in [4.69, 9.17) is 11.6 Å². The molecule has 1 aliphatic rings. The molecular weight excluding hydrogens is 366 g/mol. The molecule has 2 aromatic carbocycles. The molecule has 0 radical (unpaired) electrons. The Morgan fingerprint density at radius 2 is 1.77 bits per heavy atom.